The van der Waals surface area contributed by atoms with Crippen LogP contribution >= 0.6 is 24.0 Å². The molecule has 1 aromatic heterocycles. The normalized spacial score (nSPS) is 15.2. The van der Waals surface area contributed by atoms with Gasteiger partial charge in [-0.3, -0.25) is 9.69 Å². The molecule has 2 aromatic carbocycles. The first-order valence-corrected chi connectivity index (χ1v) is 13.1. The van der Waals surface area contributed by atoms with Crippen LogP contribution in [-0.2, 0) is 4.79 Å². The van der Waals surface area contributed by atoms with E-state index < -0.39 is 0 Å². The Hall–Kier alpha value is -2.90. The van der Waals surface area contributed by atoms with Crippen molar-refractivity contribution in [1.29, 1.82) is 0 Å². The number of thiocarbonyl (C=S) groups is 1. The van der Waals surface area contributed by atoms with Crippen LogP contribution in [0.2, 0.25) is 0 Å². The van der Waals surface area contributed by atoms with E-state index in [-0.39, 0.29) is 5.91 Å². The van der Waals surface area contributed by atoms with Crippen LogP contribution < -0.4 is 4.74 Å². The van der Waals surface area contributed by atoms with Gasteiger partial charge in [-0.05, 0) is 43.0 Å². The third kappa shape index (κ3) is 5.68. The van der Waals surface area contributed by atoms with E-state index in [1.807, 2.05) is 59.4 Å². The van der Waals surface area contributed by atoms with Gasteiger partial charge in [0.2, 0.25) is 0 Å². The van der Waals surface area contributed by atoms with E-state index in [2.05, 4.69) is 40.7 Å². The summed E-state index contributed by atoms with van der Waals surface area (Å²) in [6.45, 7) is 11.8. The zero-order chi connectivity index (χ0) is 25.1. The van der Waals surface area contributed by atoms with Crippen LogP contribution in [0.25, 0.3) is 23.0 Å². The van der Waals surface area contributed by atoms with E-state index in [1.165, 1.54) is 11.8 Å². The van der Waals surface area contributed by atoms with Crippen molar-refractivity contribution in [1.82, 2.24) is 14.7 Å². The molecule has 2 heterocycles. The molecule has 1 aliphatic rings. The van der Waals surface area contributed by atoms with Gasteiger partial charge in [0.05, 0.1) is 17.2 Å². The largest absolute Gasteiger partial charge is 0.493 e. The molecule has 1 aliphatic heterocycles. The van der Waals surface area contributed by atoms with Crippen LogP contribution in [0.1, 0.15) is 38.8 Å². The van der Waals surface area contributed by atoms with Crippen molar-refractivity contribution in [2.75, 3.05) is 13.2 Å². The number of thioether (sulfide) groups is 1. The first-order chi connectivity index (χ1) is 16.7. The van der Waals surface area contributed by atoms with Gasteiger partial charge in [0.25, 0.3) is 5.91 Å². The lowest BCUT2D eigenvalue weighted by Crippen LogP contribution is -2.31. The number of hydrogen-bond acceptors (Lipinski definition) is 5. The standard InChI is InChI=1S/C28H31N3O2S2/c1-18(2)15-30-27(32)25(35-28(30)34)14-21-16-31(22-10-7-6-8-11-22)29-26(21)23-12-9-13-24(20(23)5)33-17-19(3)4/h6-14,16,18-19H,15,17H2,1-5H3/b25-14-. The number of aromatic nitrogens is 2. The van der Waals surface area contributed by atoms with Crippen molar-refractivity contribution < 1.29 is 9.53 Å². The van der Waals surface area contributed by atoms with Crippen LogP contribution in [0, 0.1) is 18.8 Å². The molecule has 5 nitrogen and oxygen atoms in total. The fourth-order valence-corrected chi connectivity index (χ4v) is 5.13. The highest BCUT2D eigenvalue weighted by molar-refractivity contribution is 8.26. The Labute approximate surface area is 217 Å². The van der Waals surface area contributed by atoms with E-state index in [0.29, 0.717) is 34.2 Å². The Morgan fingerprint density at radius 2 is 1.80 bits per heavy atom. The summed E-state index contributed by atoms with van der Waals surface area (Å²) < 4.78 is 8.54. The van der Waals surface area contributed by atoms with Crippen molar-refractivity contribution in [3.8, 4) is 22.7 Å². The number of benzene rings is 2. The van der Waals surface area contributed by atoms with Gasteiger partial charge in [0.1, 0.15) is 15.8 Å². The Balaban J connectivity index is 1.79. The smallest absolute Gasteiger partial charge is 0.266 e. The zero-order valence-corrected chi connectivity index (χ0v) is 22.5. The SMILES string of the molecule is Cc1c(OCC(C)C)cccc1-c1nn(-c2ccccc2)cc1/C=C1\SC(=S)N(CC(C)C)C1=O. The van der Waals surface area contributed by atoms with Crippen LogP contribution in [0.3, 0.4) is 0 Å². The molecule has 0 atom stereocenters. The quantitative estimate of drug-likeness (QED) is 0.251. The van der Waals surface area contributed by atoms with E-state index in [4.69, 9.17) is 22.1 Å². The third-order valence-corrected chi connectivity index (χ3v) is 6.96. The Morgan fingerprint density at radius 1 is 1.06 bits per heavy atom. The summed E-state index contributed by atoms with van der Waals surface area (Å²) >= 11 is 6.87. The van der Waals surface area contributed by atoms with Crippen molar-refractivity contribution in [3.63, 3.8) is 0 Å². The topological polar surface area (TPSA) is 47.4 Å². The predicted octanol–water partition coefficient (Wildman–Crippen LogP) is 6.74. The average Bonchev–Trinajstić information content (AvgIpc) is 3.35. The number of rotatable bonds is 8. The Bertz CT molecular complexity index is 1260. The van der Waals surface area contributed by atoms with Gasteiger partial charge in [0, 0.05) is 29.4 Å². The molecule has 0 saturated carbocycles. The van der Waals surface area contributed by atoms with E-state index in [9.17, 15) is 4.79 Å². The van der Waals surface area contributed by atoms with Crippen molar-refractivity contribution in [3.05, 3.63) is 70.8 Å². The molecule has 0 unspecified atom stereocenters. The predicted molar refractivity (Wildman–Crippen MR) is 149 cm³/mol. The number of para-hydroxylation sites is 1. The average molecular weight is 506 g/mol. The van der Waals surface area contributed by atoms with Gasteiger partial charge in [-0.15, -0.1) is 0 Å². The molecule has 7 heteroatoms. The third-order valence-electron chi connectivity index (χ3n) is 5.58. The fourth-order valence-electron chi connectivity index (χ4n) is 3.86. The highest BCUT2D eigenvalue weighted by atomic mass is 32.2. The van der Waals surface area contributed by atoms with E-state index in [1.54, 1.807) is 4.90 Å². The van der Waals surface area contributed by atoms with Crippen molar-refractivity contribution in [2.45, 2.75) is 34.6 Å². The molecule has 0 spiro atoms. The summed E-state index contributed by atoms with van der Waals surface area (Å²) in [5.41, 5.74) is 4.61. The molecule has 182 valence electrons. The molecule has 0 aliphatic carbocycles. The zero-order valence-electron chi connectivity index (χ0n) is 20.8. The van der Waals surface area contributed by atoms with Crippen LogP contribution in [-0.4, -0.2) is 38.1 Å². The molecule has 4 rings (SSSR count). The lowest BCUT2D eigenvalue weighted by Gasteiger charge is -2.16. The molecule has 0 bridgehead atoms. The highest BCUT2D eigenvalue weighted by Crippen LogP contribution is 2.37. The van der Waals surface area contributed by atoms with Gasteiger partial charge in [0.15, 0.2) is 0 Å². The Kier molecular flexibility index (Phi) is 7.77. The highest BCUT2D eigenvalue weighted by Gasteiger charge is 2.32. The molecular formula is C28H31N3O2S2. The van der Waals surface area contributed by atoms with Crippen LogP contribution in [0.15, 0.2) is 59.6 Å². The van der Waals surface area contributed by atoms with Gasteiger partial charge in [-0.2, -0.15) is 5.10 Å². The summed E-state index contributed by atoms with van der Waals surface area (Å²) in [6, 6.07) is 16.0. The number of amides is 1. The summed E-state index contributed by atoms with van der Waals surface area (Å²) in [6.07, 6.45) is 3.89. The molecule has 0 radical (unpaired) electrons. The van der Waals surface area contributed by atoms with E-state index >= 15 is 0 Å². The molecule has 35 heavy (non-hydrogen) atoms. The number of nitrogens with zero attached hydrogens (tertiary/aromatic N) is 3. The van der Waals surface area contributed by atoms with Gasteiger partial charge in [-0.1, -0.05) is 82.0 Å². The molecule has 0 N–H and O–H groups in total. The van der Waals surface area contributed by atoms with E-state index in [0.717, 1.165) is 33.8 Å². The number of hydrogen-bond donors (Lipinski definition) is 0. The second-order valence-corrected chi connectivity index (χ2v) is 11.2. The molecule has 1 saturated heterocycles. The summed E-state index contributed by atoms with van der Waals surface area (Å²) in [4.78, 5) is 15.5. The van der Waals surface area contributed by atoms with Gasteiger partial charge < -0.3 is 4.74 Å². The molecular weight excluding hydrogens is 474 g/mol. The summed E-state index contributed by atoms with van der Waals surface area (Å²) in [7, 11) is 0. The minimum atomic E-state index is -0.0437. The molecule has 1 fully saturated rings. The van der Waals surface area contributed by atoms with Crippen molar-refractivity contribution in [2.24, 2.45) is 11.8 Å². The number of carbonyl (C=O) groups excluding carboxylic acids is 1. The lowest BCUT2D eigenvalue weighted by atomic mass is 10.0. The maximum atomic E-state index is 13.2. The number of carbonyl (C=O) groups is 1. The minimum Gasteiger partial charge on any atom is -0.493 e. The van der Waals surface area contributed by atoms with Crippen molar-refractivity contribution >= 4 is 40.3 Å². The van der Waals surface area contributed by atoms with Gasteiger partial charge >= 0.3 is 0 Å². The monoisotopic (exact) mass is 505 g/mol. The first kappa shape index (κ1) is 25.2. The molecule has 3 aromatic rings. The summed E-state index contributed by atoms with van der Waals surface area (Å²) in [5, 5.41) is 4.95. The fraction of sp³-hybridized carbons (Fsp3) is 0.321. The minimum absolute atomic E-state index is 0.0437. The molecule has 1 amide bonds. The Morgan fingerprint density at radius 3 is 2.49 bits per heavy atom. The second-order valence-electron chi connectivity index (χ2n) is 9.53. The lowest BCUT2D eigenvalue weighted by molar-refractivity contribution is -0.122. The summed E-state index contributed by atoms with van der Waals surface area (Å²) in [5.74, 6) is 1.57. The van der Waals surface area contributed by atoms with Gasteiger partial charge in [-0.25, -0.2) is 4.68 Å². The number of ether oxygens (including phenoxy) is 1. The maximum absolute atomic E-state index is 13.2. The van der Waals surface area contributed by atoms with Crippen LogP contribution in [0.5, 0.6) is 5.75 Å². The first-order valence-electron chi connectivity index (χ1n) is 11.9. The maximum Gasteiger partial charge on any atom is 0.266 e. The van der Waals surface area contributed by atoms with Crippen LogP contribution in [0.4, 0.5) is 0 Å². The second kappa shape index (κ2) is 10.8.